The van der Waals surface area contributed by atoms with Crippen molar-refractivity contribution in [1.29, 1.82) is 0 Å². The monoisotopic (exact) mass is 241 g/mol. The quantitative estimate of drug-likeness (QED) is 0.755. The second kappa shape index (κ2) is 6.77. The minimum Gasteiger partial charge on any atom is -0.313 e. The molecule has 3 nitrogen and oxygen atoms in total. The van der Waals surface area contributed by atoms with Crippen LogP contribution in [0.1, 0.15) is 12.0 Å². The summed E-state index contributed by atoms with van der Waals surface area (Å²) < 4.78 is 1.95. The van der Waals surface area contributed by atoms with Crippen molar-refractivity contribution in [2.45, 2.75) is 13.0 Å². The first kappa shape index (κ1) is 12.6. The summed E-state index contributed by atoms with van der Waals surface area (Å²) in [5.41, 5.74) is 2.34. The van der Waals surface area contributed by atoms with E-state index in [2.05, 4.69) is 29.1 Å². The summed E-state index contributed by atoms with van der Waals surface area (Å²) in [6, 6.07) is 12.2. The van der Waals surface area contributed by atoms with E-state index in [0.29, 0.717) is 0 Å². The second-order valence-corrected chi connectivity index (χ2v) is 4.27. The highest BCUT2D eigenvalue weighted by molar-refractivity contribution is 5.64. The molecule has 0 spiro atoms. The molecule has 0 fully saturated rings. The standard InChI is InChI=1S/C15H19N3/c1-14(15-7-3-2-4-8-15)13-16-9-5-11-18-12-6-10-17-18/h2-4,6-8,10,12,16H,1,5,9,11,13H2. The number of aryl methyl sites for hydroxylation is 1. The summed E-state index contributed by atoms with van der Waals surface area (Å²) in [5.74, 6) is 0. The lowest BCUT2D eigenvalue weighted by Gasteiger charge is -2.08. The summed E-state index contributed by atoms with van der Waals surface area (Å²) in [6.45, 7) is 6.86. The molecule has 0 bridgehead atoms. The molecule has 18 heavy (non-hydrogen) atoms. The lowest BCUT2D eigenvalue weighted by atomic mass is 10.1. The Morgan fingerprint density at radius 1 is 1.22 bits per heavy atom. The predicted molar refractivity (Wildman–Crippen MR) is 75.2 cm³/mol. The van der Waals surface area contributed by atoms with E-state index >= 15 is 0 Å². The van der Waals surface area contributed by atoms with Crippen LogP contribution in [-0.2, 0) is 6.54 Å². The molecule has 0 unspecified atom stereocenters. The fraction of sp³-hybridized carbons (Fsp3) is 0.267. The number of aromatic nitrogens is 2. The predicted octanol–water partition coefficient (Wildman–Crippen LogP) is 2.58. The molecular weight excluding hydrogens is 222 g/mol. The van der Waals surface area contributed by atoms with Crippen LogP contribution in [0.5, 0.6) is 0 Å². The molecule has 0 aliphatic rings. The van der Waals surface area contributed by atoms with Crippen LogP contribution in [-0.4, -0.2) is 22.9 Å². The molecule has 0 aliphatic heterocycles. The Morgan fingerprint density at radius 2 is 2.06 bits per heavy atom. The molecule has 0 radical (unpaired) electrons. The molecule has 0 saturated carbocycles. The fourth-order valence-electron chi connectivity index (χ4n) is 1.81. The van der Waals surface area contributed by atoms with E-state index in [4.69, 9.17) is 0 Å². The summed E-state index contributed by atoms with van der Waals surface area (Å²) in [7, 11) is 0. The molecule has 0 aliphatic carbocycles. The first-order valence-electron chi connectivity index (χ1n) is 6.27. The van der Waals surface area contributed by atoms with Crippen molar-refractivity contribution in [2.75, 3.05) is 13.1 Å². The summed E-state index contributed by atoms with van der Waals surface area (Å²) in [5, 5.41) is 7.57. The lowest BCUT2D eigenvalue weighted by Crippen LogP contribution is -2.19. The third kappa shape index (κ3) is 3.86. The number of nitrogens with one attached hydrogen (secondary N) is 1. The van der Waals surface area contributed by atoms with Gasteiger partial charge >= 0.3 is 0 Å². The van der Waals surface area contributed by atoms with Gasteiger partial charge in [0.25, 0.3) is 0 Å². The maximum absolute atomic E-state index is 4.17. The van der Waals surface area contributed by atoms with Crippen LogP contribution in [0.25, 0.3) is 5.57 Å². The molecular formula is C15H19N3. The van der Waals surface area contributed by atoms with E-state index in [0.717, 1.165) is 31.6 Å². The third-order valence-electron chi connectivity index (χ3n) is 2.82. The zero-order valence-electron chi connectivity index (χ0n) is 10.5. The highest BCUT2D eigenvalue weighted by Crippen LogP contribution is 2.09. The second-order valence-electron chi connectivity index (χ2n) is 4.27. The zero-order chi connectivity index (χ0) is 12.6. The Hall–Kier alpha value is -1.87. The number of rotatable bonds is 7. The number of benzene rings is 1. The van der Waals surface area contributed by atoms with Crippen LogP contribution in [0.15, 0.2) is 55.4 Å². The number of hydrogen-bond donors (Lipinski definition) is 1. The van der Waals surface area contributed by atoms with Gasteiger partial charge in [0.05, 0.1) is 0 Å². The van der Waals surface area contributed by atoms with Crippen molar-refractivity contribution in [3.8, 4) is 0 Å². The largest absolute Gasteiger partial charge is 0.313 e. The molecule has 0 atom stereocenters. The van der Waals surface area contributed by atoms with E-state index < -0.39 is 0 Å². The molecule has 3 heteroatoms. The van der Waals surface area contributed by atoms with Gasteiger partial charge in [0, 0.05) is 25.5 Å². The molecule has 2 aromatic rings. The average Bonchev–Trinajstić information content (AvgIpc) is 2.92. The minimum atomic E-state index is 0.836. The molecule has 2 rings (SSSR count). The number of nitrogens with zero attached hydrogens (tertiary/aromatic N) is 2. The Balaban J connectivity index is 1.62. The molecule has 1 N–H and O–H groups in total. The Labute approximate surface area is 108 Å². The first-order chi connectivity index (χ1) is 8.86. The zero-order valence-corrected chi connectivity index (χ0v) is 10.5. The Morgan fingerprint density at radius 3 is 2.78 bits per heavy atom. The van der Waals surface area contributed by atoms with Crippen LogP contribution in [0.3, 0.4) is 0 Å². The van der Waals surface area contributed by atoms with Crippen molar-refractivity contribution in [1.82, 2.24) is 15.1 Å². The average molecular weight is 241 g/mol. The van der Waals surface area contributed by atoms with E-state index in [1.165, 1.54) is 5.56 Å². The van der Waals surface area contributed by atoms with Gasteiger partial charge in [-0.1, -0.05) is 36.9 Å². The number of hydrogen-bond acceptors (Lipinski definition) is 2. The SMILES string of the molecule is C=C(CNCCCn1cccn1)c1ccccc1. The highest BCUT2D eigenvalue weighted by Gasteiger charge is 1.97. The van der Waals surface area contributed by atoms with Gasteiger partial charge in [0.15, 0.2) is 0 Å². The Bertz CT molecular complexity index is 460. The molecule has 94 valence electrons. The van der Waals surface area contributed by atoms with Gasteiger partial charge in [0.1, 0.15) is 0 Å². The van der Waals surface area contributed by atoms with Crippen molar-refractivity contribution >= 4 is 5.57 Å². The summed E-state index contributed by atoms with van der Waals surface area (Å²) in [4.78, 5) is 0. The van der Waals surface area contributed by atoms with Gasteiger partial charge in [-0.25, -0.2) is 0 Å². The first-order valence-corrected chi connectivity index (χ1v) is 6.27. The van der Waals surface area contributed by atoms with Crippen LogP contribution >= 0.6 is 0 Å². The summed E-state index contributed by atoms with van der Waals surface area (Å²) in [6.07, 6.45) is 4.87. The van der Waals surface area contributed by atoms with Gasteiger partial charge in [0.2, 0.25) is 0 Å². The maximum atomic E-state index is 4.17. The van der Waals surface area contributed by atoms with Gasteiger partial charge in [-0.3, -0.25) is 4.68 Å². The molecule has 1 aromatic heterocycles. The van der Waals surface area contributed by atoms with Gasteiger partial charge < -0.3 is 5.32 Å². The lowest BCUT2D eigenvalue weighted by molar-refractivity contribution is 0.556. The van der Waals surface area contributed by atoms with E-state index in [9.17, 15) is 0 Å². The van der Waals surface area contributed by atoms with Crippen LogP contribution < -0.4 is 5.32 Å². The van der Waals surface area contributed by atoms with Crippen molar-refractivity contribution < 1.29 is 0 Å². The molecule has 0 amide bonds. The molecule has 0 saturated heterocycles. The Kier molecular flexibility index (Phi) is 4.73. The summed E-state index contributed by atoms with van der Waals surface area (Å²) >= 11 is 0. The van der Waals surface area contributed by atoms with E-state index in [1.807, 2.05) is 41.3 Å². The van der Waals surface area contributed by atoms with Crippen molar-refractivity contribution in [3.05, 3.63) is 60.9 Å². The fourth-order valence-corrected chi connectivity index (χ4v) is 1.81. The van der Waals surface area contributed by atoms with Gasteiger partial charge in [-0.05, 0) is 30.2 Å². The molecule has 1 heterocycles. The van der Waals surface area contributed by atoms with Gasteiger partial charge in [-0.15, -0.1) is 0 Å². The van der Waals surface area contributed by atoms with E-state index in [1.54, 1.807) is 0 Å². The van der Waals surface area contributed by atoms with Gasteiger partial charge in [-0.2, -0.15) is 5.10 Å². The van der Waals surface area contributed by atoms with Crippen LogP contribution in [0, 0.1) is 0 Å². The molecule has 1 aromatic carbocycles. The smallest absolute Gasteiger partial charge is 0.0489 e. The normalized spacial score (nSPS) is 10.4. The highest BCUT2D eigenvalue weighted by atomic mass is 15.3. The topological polar surface area (TPSA) is 29.9 Å². The van der Waals surface area contributed by atoms with E-state index in [-0.39, 0.29) is 0 Å². The van der Waals surface area contributed by atoms with Crippen molar-refractivity contribution in [2.24, 2.45) is 0 Å². The van der Waals surface area contributed by atoms with Crippen LogP contribution in [0.4, 0.5) is 0 Å². The van der Waals surface area contributed by atoms with Crippen LogP contribution in [0.2, 0.25) is 0 Å². The third-order valence-corrected chi connectivity index (χ3v) is 2.82. The maximum Gasteiger partial charge on any atom is 0.0489 e. The van der Waals surface area contributed by atoms with Crippen molar-refractivity contribution in [3.63, 3.8) is 0 Å². The minimum absolute atomic E-state index is 0.836.